The van der Waals surface area contributed by atoms with Gasteiger partial charge in [0.1, 0.15) is 0 Å². The molecule has 1 unspecified atom stereocenters. The summed E-state index contributed by atoms with van der Waals surface area (Å²) in [6.07, 6.45) is 0.956. The first kappa shape index (κ1) is 35.7. The largest absolute Gasteiger partial charge is 0.310 e. The molecule has 0 N–H and O–H groups in total. The van der Waals surface area contributed by atoms with Gasteiger partial charge in [0.25, 0.3) is 0 Å². The van der Waals surface area contributed by atoms with Gasteiger partial charge in [0.2, 0.25) is 0 Å². The molecule has 0 aromatic heterocycles. The third-order valence-electron chi connectivity index (χ3n) is 13.9. The van der Waals surface area contributed by atoms with E-state index in [-0.39, 0.29) is 0 Å². The van der Waals surface area contributed by atoms with Gasteiger partial charge in [0, 0.05) is 17.1 Å². The second-order valence-corrected chi connectivity index (χ2v) is 17.1. The van der Waals surface area contributed by atoms with Gasteiger partial charge in [-0.15, -0.1) is 0 Å². The molecule has 0 aliphatic heterocycles. The highest BCUT2D eigenvalue weighted by molar-refractivity contribution is 6.03. The quantitative estimate of drug-likeness (QED) is 0.168. The van der Waals surface area contributed by atoms with Crippen LogP contribution in [0.5, 0.6) is 0 Å². The lowest BCUT2D eigenvalue weighted by Gasteiger charge is -2.36. The van der Waals surface area contributed by atoms with Gasteiger partial charge in [-0.1, -0.05) is 200 Å². The smallest absolute Gasteiger partial charge is 0.0726 e. The van der Waals surface area contributed by atoms with Crippen LogP contribution in [-0.4, -0.2) is 0 Å². The molecule has 3 aliphatic rings. The molecule has 0 bridgehead atoms. The summed E-state index contributed by atoms with van der Waals surface area (Å²) in [7, 11) is 0. The number of anilines is 3. The van der Waals surface area contributed by atoms with Gasteiger partial charge in [-0.3, -0.25) is 0 Å². The fourth-order valence-corrected chi connectivity index (χ4v) is 11.2. The van der Waals surface area contributed by atoms with Crippen LogP contribution in [0.2, 0.25) is 0 Å². The van der Waals surface area contributed by atoms with E-state index in [1.165, 1.54) is 100 Å². The first-order valence-electron chi connectivity index (χ1n) is 22.1. The molecule has 10 aromatic rings. The molecule has 0 fully saturated rings. The van der Waals surface area contributed by atoms with Crippen LogP contribution >= 0.6 is 0 Å². The van der Waals surface area contributed by atoms with Crippen LogP contribution in [0.25, 0.3) is 66.8 Å². The van der Waals surface area contributed by atoms with Gasteiger partial charge in [-0.25, -0.2) is 0 Å². The van der Waals surface area contributed by atoms with Crippen molar-refractivity contribution in [3.8, 4) is 66.8 Å². The Labute approximate surface area is 368 Å². The lowest BCUT2D eigenvalue weighted by atomic mass is 9.65. The highest BCUT2D eigenvalue weighted by atomic mass is 15.1. The monoisotopic (exact) mass is 799 g/mol. The van der Waals surface area contributed by atoms with Crippen molar-refractivity contribution in [3.05, 3.63) is 270 Å². The van der Waals surface area contributed by atoms with Gasteiger partial charge in [-0.2, -0.15) is 0 Å². The Balaban J connectivity index is 1.10. The molecule has 3 aliphatic carbocycles. The Morgan fingerprint density at radius 3 is 1.35 bits per heavy atom. The summed E-state index contributed by atoms with van der Waals surface area (Å²) >= 11 is 0. The average Bonchev–Trinajstić information content (AvgIpc) is 3.86. The lowest BCUT2D eigenvalue weighted by Crippen LogP contribution is -2.29. The van der Waals surface area contributed by atoms with Crippen molar-refractivity contribution >= 4 is 17.1 Å². The van der Waals surface area contributed by atoms with Gasteiger partial charge in [0.15, 0.2) is 0 Å². The van der Waals surface area contributed by atoms with Gasteiger partial charge in [0.05, 0.1) is 5.41 Å². The van der Waals surface area contributed by atoms with Crippen molar-refractivity contribution in [2.45, 2.75) is 11.8 Å². The van der Waals surface area contributed by atoms with E-state index in [1.807, 2.05) is 0 Å². The third-order valence-corrected chi connectivity index (χ3v) is 13.9. The Bertz CT molecular complexity index is 3320. The van der Waals surface area contributed by atoms with Gasteiger partial charge >= 0.3 is 0 Å². The Morgan fingerprint density at radius 2 is 0.730 bits per heavy atom. The van der Waals surface area contributed by atoms with E-state index in [2.05, 4.69) is 241 Å². The van der Waals surface area contributed by atoms with E-state index >= 15 is 0 Å². The van der Waals surface area contributed by atoms with E-state index in [1.54, 1.807) is 0 Å². The van der Waals surface area contributed by atoms with E-state index in [0.29, 0.717) is 0 Å². The van der Waals surface area contributed by atoms with Gasteiger partial charge in [-0.05, 0) is 143 Å². The number of nitrogens with zero attached hydrogens (tertiary/aromatic N) is 1. The van der Waals surface area contributed by atoms with Crippen LogP contribution in [0.1, 0.15) is 33.4 Å². The van der Waals surface area contributed by atoms with E-state index in [4.69, 9.17) is 0 Å². The van der Waals surface area contributed by atoms with Crippen LogP contribution in [0.4, 0.5) is 17.1 Å². The predicted octanol–water partition coefficient (Wildman–Crippen LogP) is 16.1. The van der Waals surface area contributed by atoms with Crippen LogP contribution in [0.3, 0.4) is 0 Å². The standard InChI is InChI=1S/C62H41N/c1-3-15-41(16-4-1)43-27-32-47(33-28-43)63(48-34-29-44(30-35-48)42-17-5-2-6-18-42)49-36-37-54-52-22-10-9-21-51(52)53-23-11-13-25-56(53)62(59(54)40-49)57-26-14-12-24-55(57)61-58(62)38-31-46-39-45-19-7-8-20-50(45)60(46)61/h1-38,40H,39H2. The molecule has 1 heteroatoms. The van der Waals surface area contributed by atoms with Crippen LogP contribution < -0.4 is 4.90 Å². The van der Waals surface area contributed by atoms with Crippen LogP contribution in [-0.2, 0) is 11.8 Å². The summed E-state index contributed by atoms with van der Waals surface area (Å²) in [5.41, 5.74) is 26.1. The highest BCUT2D eigenvalue weighted by Crippen LogP contribution is 2.64. The average molecular weight is 800 g/mol. The number of hydrogen-bond donors (Lipinski definition) is 0. The molecule has 13 rings (SSSR count). The number of fused-ring (bicyclic) bond motifs is 16. The number of benzene rings is 10. The van der Waals surface area contributed by atoms with Crippen molar-refractivity contribution in [2.75, 3.05) is 4.90 Å². The molecule has 0 amide bonds. The summed E-state index contributed by atoms with van der Waals surface area (Å²) in [5, 5.41) is 0. The van der Waals surface area contributed by atoms with Crippen molar-refractivity contribution in [1.29, 1.82) is 0 Å². The van der Waals surface area contributed by atoms with Crippen LogP contribution in [0.15, 0.2) is 237 Å². The molecule has 294 valence electrons. The lowest BCUT2D eigenvalue weighted by molar-refractivity contribution is 0.775. The molecule has 0 saturated carbocycles. The maximum Gasteiger partial charge on any atom is 0.0726 e. The maximum atomic E-state index is 2.53. The molecule has 1 nitrogen and oxygen atoms in total. The van der Waals surface area contributed by atoms with Gasteiger partial charge < -0.3 is 4.90 Å². The summed E-state index contributed by atoms with van der Waals surface area (Å²) in [6, 6.07) is 88.2. The number of hydrogen-bond acceptors (Lipinski definition) is 1. The summed E-state index contributed by atoms with van der Waals surface area (Å²) in [4.78, 5) is 2.45. The zero-order valence-electron chi connectivity index (χ0n) is 34.7. The minimum Gasteiger partial charge on any atom is -0.310 e. The fraction of sp³-hybridized carbons (Fsp3) is 0.0323. The number of rotatable bonds is 5. The molecule has 1 atom stereocenters. The van der Waals surface area contributed by atoms with E-state index in [9.17, 15) is 0 Å². The predicted molar refractivity (Wildman–Crippen MR) is 262 cm³/mol. The molecule has 1 spiro atoms. The molecule has 0 heterocycles. The minimum absolute atomic E-state index is 0.612. The van der Waals surface area contributed by atoms with Crippen molar-refractivity contribution < 1.29 is 0 Å². The first-order valence-corrected chi connectivity index (χ1v) is 22.1. The minimum atomic E-state index is -0.612. The summed E-state index contributed by atoms with van der Waals surface area (Å²) < 4.78 is 0. The maximum absolute atomic E-state index is 2.53. The molecular formula is C62H41N. The topological polar surface area (TPSA) is 3.24 Å². The fourth-order valence-electron chi connectivity index (χ4n) is 11.2. The molecule has 0 saturated heterocycles. The zero-order valence-corrected chi connectivity index (χ0v) is 34.7. The second-order valence-electron chi connectivity index (χ2n) is 17.1. The first-order chi connectivity index (χ1) is 31.3. The highest BCUT2D eigenvalue weighted by Gasteiger charge is 2.51. The van der Waals surface area contributed by atoms with Crippen molar-refractivity contribution in [3.63, 3.8) is 0 Å². The molecule has 63 heavy (non-hydrogen) atoms. The SMILES string of the molecule is c1ccc(-c2ccc(N(c3ccc(-c4ccccc4)cc3)c3ccc4c(c3)C3(c5ccccc5-c5ccccc5-4)c4ccccc4-c4c3ccc3c4-c4ccccc4C3)cc2)cc1. The van der Waals surface area contributed by atoms with Crippen molar-refractivity contribution in [2.24, 2.45) is 0 Å². The Hall–Kier alpha value is -8.00. The molecule has 10 aromatic carbocycles. The second kappa shape index (κ2) is 14.0. The summed E-state index contributed by atoms with van der Waals surface area (Å²) in [6.45, 7) is 0. The third kappa shape index (κ3) is 5.30. The molecule has 0 radical (unpaired) electrons. The normalized spacial score (nSPS) is 14.7. The Kier molecular flexibility index (Phi) is 7.95. The zero-order chi connectivity index (χ0) is 41.5. The van der Waals surface area contributed by atoms with E-state index in [0.717, 1.165) is 23.5 Å². The molecular weight excluding hydrogens is 759 g/mol. The van der Waals surface area contributed by atoms with E-state index < -0.39 is 5.41 Å². The van der Waals surface area contributed by atoms with Crippen molar-refractivity contribution in [1.82, 2.24) is 0 Å². The Morgan fingerprint density at radius 1 is 0.270 bits per heavy atom. The van der Waals surface area contributed by atoms with Crippen LogP contribution in [0, 0.1) is 0 Å². The summed E-state index contributed by atoms with van der Waals surface area (Å²) in [5.74, 6) is 0.